The molecular formula is C15H26N4OS. The number of anilines is 2. The van der Waals surface area contributed by atoms with Crippen LogP contribution in [0, 0.1) is 5.41 Å². The van der Waals surface area contributed by atoms with Crippen LogP contribution in [0.3, 0.4) is 0 Å². The van der Waals surface area contributed by atoms with Crippen molar-refractivity contribution in [3.63, 3.8) is 0 Å². The molecule has 1 aromatic heterocycles. The zero-order valence-corrected chi connectivity index (χ0v) is 14.4. The molecule has 1 aliphatic carbocycles. The van der Waals surface area contributed by atoms with E-state index in [2.05, 4.69) is 38.0 Å². The van der Waals surface area contributed by atoms with E-state index in [0.29, 0.717) is 16.7 Å². The van der Waals surface area contributed by atoms with Gasteiger partial charge in [-0.3, -0.25) is 4.79 Å². The van der Waals surface area contributed by atoms with E-state index < -0.39 is 0 Å². The molecule has 1 heterocycles. The zero-order valence-electron chi connectivity index (χ0n) is 13.6. The summed E-state index contributed by atoms with van der Waals surface area (Å²) < 4.78 is 0. The fourth-order valence-electron chi connectivity index (χ4n) is 2.19. The van der Waals surface area contributed by atoms with Crippen LogP contribution in [0.25, 0.3) is 0 Å². The highest BCUT2D eigenvalue weighted by Crippen LogP contribution is 2.32. The lowest BCUT2D eigenvalue weighted by Crippen LogP contribution is -2.42. The number of hydrogen-bond donors (Lipinski definition) is 2. The fourth-order valence-corrected chi connectivity index (χ4v) is 3.14. The molecule has 6 heteroatoms. The van der Waals surface area contributed by atoms with E-state index >= 15 is 0 Å². The van der Waals surface area contributed by atoms with E-state index in [0.717, 1.165) is 5.13 Å². The molecule has 5 nitrogen and oxygen atoms in total. The van der Waals surface area contributed by atoms with Gasteiger partial charge in [0.15, 0.2) is 5.13 Å². The number of nitrogens with one attached hydrogen (secondary N) is 1. The molecule has 1 atom stereocenters. The summed E-state index contributed by atoms with van der Waals surface area (Å²) >= 11 is 1.36. The number of thiazole rings is 1. The monoisotopic (exact) mass is 310 g/mol. The Bertz CT molecular complexity index is 516. The summed E-state index contributed by atoms with van der Waals surface area (Å²) in [6.07, 6.45) is 3.60. The standard InChI is InChI=1S/C15H26N4OS/c1-9(15(2,3)4)19(5)13(20)11-12(16)18-14(21-11)17-10-7-6-8-10/h9-10H,6-8,16H2,1-5H3,(H,17,18). The van der Waals surface area contributed by atoms with Crippen LogP contribution in [-0.2, 0) is 0 Å². The third-order valence-electron chi connectivity index (χ3n) is 4.44. The first-order chi connectivity index (χ1) is 9.70. The van der Waals surface area contributed by atoms with Crippen LogP contribution < -0.4 is 11.1 Å². The van der Waals surface area contributed by atoms with Crippen molar-refractivity contribution in [1.82, 2.24) is 9.88 Å². The summed E-state index contributed by atoms with van der Waals surface area (Å²) in [5, 5.41) is 4.11. The summed E-state index contributed by atoms with van der Waals surface area (Å²) in [4.78, 5) is 19.2. The first kappa shape index (κ1) is 16.1. The van der Waals surface area contributed by atoms with Crippen LogP contribution in [0.2, 0.25) is 0 Å². The minimum atomic E-state index is -0.0471. The minimum absolute atomic E-state index is 0.0247. The van der Waals surface area contributed by atoms with Gasteiger partial charge in [0.05, 0.1) is 0 Å². The normalized spacial score (nSPS) is 17.2. The van der Waals surface area contributed by atoms with Crippen molar-refractivity contribution in [2.45, 2.75) is 59.0 Å². The highest BCUT2D eigenvalue weighted by atomic mass is 32.1. The van der Waals surface area contributed by atoms with Gasteiger partial charge in [-0.25, -0.2) is 4.98 Å². The second-order valence-corrected chi connectivity index (χ2v) is 7.96. The lowest BCUT2D eigenvalue weighted by atomic mass is 9.87. The number of aromatic nitrogens is 1. The maximum Gasteiger partial charge on any atom is 0.267 e. The first-order valence-electron chi connectivity index (χ1n) is 7.50. The minimum Gasteiger partial charge on any atom is -0.382 e. The number of rotatable bonds is 4. The van der Waals surface area contributed by atoms with Gasteiger partial charge in [-0.15, -0.1) is 0 Å². The Morgan fingerprint density at radius 3 is 2.57 bits per heavy atom. The van der Waals surface area contributed by atoms with E-state index in [1.54, 1.807) is 4.90 Å². The summed E-state index contributed by atoms with van der Waals surface area (Å²) in [6, 6.07) is 0.610. The maximum atomic E-state index is 12.6. The molecule has 118 valence electrons. The van der Waals surface area contributed by atoms with Crippen molar-refractivity contribution in [2.24, 2.45) is 5.41 Å². The third-order valence-corrected chi connectivity index (χ3v) is 5.43. The molecule has 0 aliphatic heterocycles. The van der Waals surface area contributed by atoms with Crippen LogP contribution in [0.15, 0.2) is 0 Å². The molecule has 0 aromatic carbocycles. The van der Waals surface area contributed by atoms with Crippen LogP contribution in [-0.4, -0.2) is 34.9 Å². The van der Waals surface area contributed by atoms with Crippen LogP contribution >= 0.6 is 11.3 Å². The number of nitrogens with zero attached hydrogens (tertiary/aromatic N) is 2. The Morgan fingerprint density at radius 2 is 2.10 bits per heavy atom. The Hall–Kier alpha value is -1.30. The average Bonchev–Trinajstić information content (AvgIpc) is 2.71. The van der Waals surface area contributed by atoms with Gasteiger partial charge in [0, 0.05) is 19.1 Å². The van der Waals surface area contributed by atoms with Crippen LogP contribution in [0.4, 0.5) is 10.9 Å². The van der Waals surface area contributed by atoms with Crippen molar-refractivity contribution in [1.29, 1.82) is 0 Å². The highest BCUT2D eigenvalue weighted by Gasteiger charge is 2.30. The lowest BCUT2D eigenvalue weighted by Gasteiger charge is -2.35. The number of hydrogen-bond acceptors (Lipinski definition) is 5. The number of amides is 1. The van der Waals surface area contributed by atoms with Gasteiger partial charge in [-0.05, 0) is 31.6 Å². The molecule has 1 aromatic rings. The van der Waals surface area contributed by atoms with Gasteiger partial charge in [0.25, 0.3) is 5.91 Å². The van der Waals surface area contributed by atoms with Crippen molar-refractivity contribution >= 4 is 28.2 Å². The SMILES string of the molecule is CC(N(C)C(=O)c1sc(NC2CCC2)nc1N)C(C)(C)C. The van der Waals surface area contributed by atoms with Gasteiger partial charge in [-0.1, -0.05) is 32.1 Å². The second kappa shape index (κ2) is 5.83. The number of nitrogen functional groups attached to an aromatic ring is 1. The Labute approximate surface area is 130 Å². The van der Waals surface area contributed by atoms with Crippen LogP contribution in [0.1, 0.15) is 56.6 Å². The van der Waals surface area contributed by atoms with Gasteiger partial charge < -0.3 is 16.0 Å². The summed E-state index contributed by atoms with van der Waals surface area (Å²) in [6.45, 7) is 8.44. The van der Waals surface area contributed by atoms with Crippen molar-refractivity contribution in [3.8, 4) is 0 Å². The van der Waals surface area contributed by atoms with E-state index in [1.807, 2.05) is 7.05 Å². The summed E-state index contributed by atoms with van der Waals surface area (Å²) in [7, 11) is 1.83. The lowest BCUT2D eigenvalue weighted by molar-refractivity contribution is 0.0635. The van der Waals surface area contributed by atoms with Crippen molar-refractivity contribution in [2.75, 3.05) is 18.1 Å². The molecule has 1 unspecified atom stereocenters. The fraction of sp³-hybridized carbons (Fsp3) is 0.733. The van der Waals surface area contributed by atoms with E-state index in [4.69, 9.17) is 5.73 Å². The molecule has 2 rings (SSSR count). The van der Waals surface area contributed by atoms with Gasteiger partial charge in [-0.2, -0.15) is 0 Å². The van der Waals surface area contributed by atoms with Gasteiger partial charge in [0.1, 0.15) is 10.7 Å². The molecule has 21 heavy (non-hydrogen) atoms. The maximum absolute atomic E-state index is 12.6. The topological polar surface area (TPSA) is 71.2 Å². The number of carbonyl (C=O) groups is 1. The molecule has 0 radical (unpaired) electrons. The van der Waals surface area contributed by atoms with Crippen molar-refractivity contribution < 1.29 is 4.79 Å². The summed E-state index contributed by atoms with van der Waals surface area (Å²) in [5.74, 6) is 0.286. The molecule has 1 aliphatic rings. The molecule has 0 spiro atoms. The van der Waals surface area contributed by atoms with Gasteiger partial charge in [0.2, 0.25) is 0 Å². The quantitative estimate of drug-likeness (QED) is 0.896. The third kappa shape index (κ3) is 3.48. The Balaban J connectivity index is 2.11. The van der Waals surface area contributed by atoms with Gasteiger partial charge >= 0.3 is 0 Å². The zero-order chi connectivity index (χ0) is 15.8. The molecule has 1 saturated carbocycles. The van der Waals surface area contributed by atoms with Crippen molar-refractivity contribution in [3.05, 3.63) is 4.88 Å². The first-order valence-corrected chi connectivity index (χ1v) is 8.31. The molecule has 1 fully saturated rings. The average molecular weight is 310 g/mol. The van der Waals surface area contributed by atoms with E-state index in [-0.39, 0.29) is 17.4 Å². The van der Waals surface area contributed by atoms with Crippen LogP contribution in [0.5, 0.6) is 0 Å². The summed E-state index contributed by atoms with van der Waals surface area (Å²) in [5.41, 5.74) is 5.96. The molecule has 1 amide bonds. The van der Waals surface area contributed by atoms with E-state index in [9.17, 15) is 4.79 Å². The largest absolute Gasteiger partial charge is 0.382 e. The predicted octanol–water partition coefficient (Wildman–Crippen LogP) is 3.20. The smallest absolute Gasteiger partial charge is 0.267 e. The molecule has 0 saturated heterocycles. The van der Waals surface area contributed by atoms with E-state index in [1.165, 1.54) is 30.6 Å². The second-order valence-electron chi connectivity index (χ2n) is 6.96. The Morgan fingerprint density at radius 1 is 1.48 bits per heavy atom. The highest BCUT2D eigenvalue weighted by molar-refractivity contribution is 7.18. The molecular weight excluding hydrogens is 284 g/mol. The molecule has 0 bridgehead atoms. The molecule has 3 N–H and O–H groups in total. The Kier molecular flexibility index (Phi) is 4.46. The number of nitrogens with two attached hydrogens (primary N) is 1. The predicted molar refractivity (Wildman–Crippen MR) is 88.8 cm³/mol. The number of carbonyl (C=O) groups excluding carboxylic acids is 1.